The summed E-state index contributed by atoms with van der Waals surface area (Å²) in [5, 5.41) is 18.8. The molecule has 1 saturated carbocycles. The molecule has 3 saturated heterocycles. The van der Waals surface area contributed by atoms with E-state index in [-0.39, 0.29) is 58.4 Å². The number of aromatic nitrogens is 2. The summed E-state index contributed by atoms with van der Waals surface area (Å²) in [5.74, 6) is -1.39. The second-order valence-corrected chi connectivity index (χ2v) is 17.2. The van der Waals surface area contributed by atoms with Gasteiger partial charge in [0.25, 0.3) is 5.56 Å². The predicted octanol–water partition coefficient (Wildman–Crippen LogP) is 6.96. The molecule has 2 unspecified atom stereocenters. The molecule has 3 aliphatic heterocycles. The molecule has 4 fully saturated rings. The van der Waals surface area contributed by atoms with Crippen molar-refractivity contribution < 1.29 is 23.1 Å². The van der Waals surface area contributed by atoms with E-state index in [1.54, 1.807) is 29.1 Å². The third kappa shape index (κ3) is 8.65. The lowest BCUT2D eigenvalue weighted by Crippen LogP contribution is -2.49. The fraction of sp³-hybridized carbons (Fsp3) is 0.465. The maximum Gasteiger partial charge on any atom is 0.261 e. The van der Waals surface area contributed by atoms with Crippen molar-refractivity contribution in [2.45, 2.75) is 94.4 Å². The number of rotatable bonds is 11. The van der Waals surface area contributed by atoms with Crippen LogP contribution in [0.3, 0.4) is 0 Å². The molecule has 3 aromatic carbocycles. The van der Waals surface area contributed by atoms with Gasteiger partial charge in [0.15, 0.2) is 0 Å². The third-order valence-corrected chi connectivity index (χ3v) is 13.5. The van der Waals surface area contributed by atoms with Gasteiger partial charge in [0.2, 0.25) is 11.8 Å². The van der Waals surface area contributed by atoms with Crippen molar-refractivity contribution >= 4 is 57.6 Å². The van der Waals surface area contributed by atoms with E-state index in [0.717, 1.165) is 58.2 Å². The Labute approximate surface area is 346 Å². The predicted molar refractivity (Wildman–Crippen MR) is 224 cm³/mol. The van der Waals surface area contributed by atoms with Crippen molar-refractivity contribution in [2.24, 2.45) is 0 Å². The van der Waals surface area contributed by atoms with E-state index in [1.165, 1.54) is 30.3 Å². The Morgan fingerprint density at radius 3 is 2.51 bits per heavy atom. The minimum Gasteiger partial charge on any atom is -0.374 e. The molecule has 2 amide bonds. The molecule has 4 heterocycles. The van der Waals surface area contributed by atoms with E-state index >= 15 is 8.78 Å². The van der Waals surface area contributed by atoms with Gasteiger partial charge in [0.05, 0.1) is 46.9 Å². The smallest absolute Gasteiger partial charge is 0.261 e. The first-order valence-electron chi connectivity index (χ1n) is 20.5. The van der Waals surface area contributed by atoms with Gasteiger partial charge in [-0.2, -0.15) is 5.26 Å². The molecule has 0 radical (unpaired) electrons. The first kappa shape index (κ1) is 40.7. The Morgan fingerprint density at radius 2 is 1.78 bits per heavy atom. The van der Waals surface area contributed by atoms with Crippen molar-refractivity contribution in [3.05, 3.63) is 88.0 Å². The normalized spacial score (nSPS) is 23.3. The summed E-state index contributed by atoms with van der Waals surface area (Å²) in [6.07, 6.45) is 8.40. The second-order valence-electron chi connectivity index (χ2n) is 16.2. The Bertz CT molecular complexity index is 2340. The summed E-state index contributed by atoms with van der Waals surface area (Å²) >= 11 is 1.31. The molecule has 8 rings (SSSR count). The fourth-order valence-electron chi connectivity index (χ4n) is 9.09. The largest absolute Gasteiger partial charge is 0.374 e. The van der Waals surface area contributed by atoms with E-state index < -0.39 is 11.9 Å². The highest BCUT2D eigenvalue weighted by molar-refractivity contribution is 7.98. The summed E-state index contributed by atoms with van der Waals surface area (Å²) in [6, 6.07) is 14.8. The molecule has 0 bridgehead atoms. The van der Waals surface area contributed by atoms with Gasteiger partial charge in [-0.1, -0.05) is 13.0 Å². The number of fused-ring (bicyclic) bond motifs is 1. The van der Waals surface area contributed by atoms with E-state index in [1.807, 2.05) is 30.4 Å². The van der Waals surface area contributed by atoms with Crippen molar-refractivity contribution in [3.63, 3.8) is 0 Å². The van der Waals surface area contributed by atoms with Crippen LogP contribution in [0.5, 0.6) is 0 Å². The average Bonchev–Trinajstić information content (AvgIpc) is 3.65. The highest BCUT2D eigenvalue weighted by Crippen LogP contribution is 2.43. The molecule has 1 spiro atoms. The molecule has 2 atom stereocenters. The Kier molecular flexibility index (Phi) is 11.9. The van der Waals surface area contributed by atoms with Gasteiger partial charge in [0.1, 0.15) is 29.3 Å². The molecule has 1 aliphatic carbocycles. The number of hydrogen-bond acceptors (Lipinski definition) is 12. The van der Waals surface area contributed by atoms with Crippen molar-refractivity contribution in [1.29, 1.82) is 5.26 Å². The van der Waals surface area contributed by atoms with Gasteiger partial charge >= 0.3 is 0 Å². The summed E-state index contributed by atoms with van der Waals surface area (Å²) in [4.78, 5) is 44.7. The maximum atomic E-state index is 15.4. The van der Waals surface area contributed by atoms with Gasteiger partial charge in [-0.3, -0.25) is 24.3 Å². The number of nitrogens with zero attached hydrogens (tertiary/aromatic N) is 5. The number of anilines is 4. The van der Waals surface area contributed by atoms with Gasteiger partial charge in [-0.15, -0.1) is 0 Å². The number of benzene rings is 3. The maximum absolute atomic E-state index is 15.4. The van der Waals surface area contributed by atoms with Crippen LogP contribution in [-0.2, 0) is 14.3 Å². The Balaban J connectivity index is 0.867. The quantitative estimate of drug-likeness (QED) is 0.0913. The van der Waals surface area contributed by atoms with Crippen LogP contribution in [0.25, 0.3) is 10.9 Å². The lowest BCUT2D eigenvalue weighted by atomic mass is 9.79. The molecule has 310 valence electrons. The highest BCUT2D eigenvalue weighted by atomic mass is 32.2. The minimum atomic E-state index is -0.586. The summed E-state index contributed by atoms with van der Waals surface area (Å²) < 4.78 is 43.7. The van der Waals surface area contributed by atoms with Crippen LogP contribution in [0.15, 0.2) is 59.7 Å². The topological polar surface area (TPSA) is 157 Å². The first-order valence-corrected chi connectivity index (χ1v) is 21.2. The molecule has 16 heteroatoms. The number of likely N-dealkylation sites (tertiary alicyclic amines) is 1. The minimum absolute atomic E-state index is 0.0214. The molecular weight excluding hydrogens is 777 g/mol. The number of amides is 2. The number of imide groups is 1. The highest BCUT2D eigenvalue weighted by Gasteiger charge is 2.45. The third-order valence-electron chi connectivity index (χ3n) is 12.6. The molecule has 13 nitrogen and oxygen atoms in total. The van der Waals surface area contributed by atoms with Crippen LogP contribution in [-0.4, -0.2) is 81.5 Å². The fourth-order valence-corrected chi connectivity index (χ4v) is 9.64. The van der Waals surface area contributed by atoms with E-state index in [9.17, 15) is 19.6 Å². The molecule has 4 aromatic rings. The lowest BCUT2D eigenvalue weighted by Gasteiger charge is -2.44. The SMILES string of the molecule is CCN(C)SNc1ccc(F)c(Nc2ccc3ncn(C4COC5(CCN(C6CCC(c7ccc(NC8CCC(=O)NC8=O)cc7F)CC6)CC5)C4)c(=O)c3c2)c1C#N. The summed E-state index contributed by atoms with van der Waals surface area (Å²) in [5.41, 5.74) is 2.31. The number of nitrogens with one attached hydrogen (secondary N) is 4. The standard InChI is InChI=1S/C43H49F2N9O4S/c1-3-52(2)59-51-37-13-11-34(44)40(33(37)23-46)49-27-7-12-36-32(20-27)42(57)54(25-47-36)30-22-43(58-24-30)16-18-53(19-17-43)29-8-4-26(5-9-29)31-10-6-28(21-35(31)45)48-38-14-15-39(55)50-41(38)56/h6-7,10-13,20-21,25-26,29-30,38,48-49,51H,3-5,8-9,14-19,22,24H2,1-2H3,(H,50,55,56). The van der Waals surface area contributed by atoms with Gasteiger partial charge in [0, 0.05) is 55.6 Å². The molecule has 59 heavy (non-hydrogen) atoms. The van der Waals surface area contributed by atoms with E-state index in [4.69, 9.17) is 4.74 Å². The van der Waals surface area contributed by atoms with E-state index in [2.05, 4.69) is 36.6 Å². The van der Waals surface area contributed by atoms with Gasteiger partial charge < -0.3 is 25.0 Å². The number of carbonyl (C=O) groups excluding carboxylic acids is 2. The first-order chi connectivity index (χ1) is 28.5. The number of carbonyl (C=O) groups is 2. The van der Waals surface area contributed by atoms with Crippen molar-refractivity contribution in [1.82, 2.24) is 24.1 Å². The van der Waals surface area contributed by atoms with Gasteiger partial charge in [-0.05, 0) is 112 Å². The summed E-state index contributed by atoms with van der Waals surface area (Å²) in [6.45, 7) is 4.96. The zero-order valence-electron chi connectivity index (χ0n) is 33.2. The average molecular weight is 826 g/mol. The zero-order chi connectivity index (χ0) is 41.3. The van der Waals surface area contributed by atoms with Crippen LogP contribution in [0, 0.1) is 23.0 Å². The summed E-state index contributed by atoms with van der Waals surface area (Å²) in [7, 11) is 1.90. The van der Waals surface area contributed by atoms with Crippen LogP contribution < -0.4 is 26.2 Å². The van der Waals surface area contributed by atoms with Crippen molar-refractivity contribution in [3.8, 4) is 6.07 Å². The molecular formula is C43H49F2N9O4S. The second kappa shape index (κ2) is 17.3. The van der Waals surface area contributed by atoms with Crippen LogP contribution in [0.4, 0.5) is 31.5 Å². The Morgan fingerprint density at radius 1 is 1.00 bits per heavy atom. The van der Waals surface area contributed by atoms with Crippen molar-refractivity contribution in [2.75, 3.05) is 48.6 Å². The zero-order valence-corrected chi connectivity index (χ0v) is 34.0. The molecule has 1 aromatic heterocycles. The molecule has 4 aliphatic rings. The van der Waals surface area contributed by atoms with Crippen LogP contribution in [0.1, 0.15) is 87.8 Å². The number of ether oxygens (including phenoxy) is 1. The number of piperidine rings is 2. The van der Waals surface area contributed by atoms with Crippen LogP contribution >= 0.6 is 12.1 Å². The van der Waals surface area contributed by atoms with Gasteiger partial charge in [-0.25, -0.2) is 18.1 Å². The number of halogens is 2. The van der Waals surface area contributed by atoms with E-state index in [0.29, 0.717) is 59.0 Å². The molecule has 4 N–H and O–H groups in total. The monoisotopic (exact) mass is 825 g/mol. The number of nitriles is 1. The Hall–Kier alpha value is -5.08. The van der Waals surface area contributed by atoms with Crippen LogP contribution in [0.2, 0.25) is 0 Å². The lowest BCUT2D eigenvalue weighted by molar-refractivity contribution is -0.133. The number of hydrogen-bond donors (Lipinski definition) is 4.